The second-order valence-electron chi connectivity index (χ2n) is 6.11. The summed E-state index contributed by atoms with van der Waals surface area (Å²) in [6, 6.07) is 12.8. The summed E-state index contributed by atoms with van der Waals surface area (Å²) in [6.45, 7) is 5.22. The van der Waals surface area contributed by atoms with Crippen molar-refractivity contribution in [2.75, 3.05) is 11.9 Å². The van der Waals surface area contributed by atoms with Gasteiger partial charge >= 0.3 is 5.97 Å². The topological polar surface area (TPSA) is 64.6 Å². The van der Waals surface area contributed by atoms with Gasteiger partial charge in [0, 0.05) is 5.69 Å². The maximum atomic E-state index is 12.9. The Morgan fingerprint density at radius 2 is 1.69 bits per heavy atom. The average molecular weight is 359 g/mol. The molecule has 0 saturated carbocycles. The van der Waals surface area contributed by atoms with Crippen molar-refractivity contribution < 1.29 is 23.5 Å². The first kappa shape index (κ1) is 19.4. The van der Waals surface area contributed by atoms with E-state index in [0.717, 1.165) is 5.56 Å². The summed E-state index contributed by atoms with van der Waals surface area (Å²) >= 11 is 0. The normalized spacial score (nSPS) is 11.7. The lowest BCUT2D eigenvalue weighted by molar-refractivity contribution is -0.155. The van der Waals surface area contributed by atoms with Gasteiger partial charge in [0.05, 0.1) is 0 Å². The molecule has 2 aromatic rings. The number of esters is 1. The van der Waals surface area contributed by atoms with E-state index in [2.05, 4.69) is 5.32 Å². The van der Waals surface area contributed by atoms with E-state index in [9.17, 15) is 14.0 Å². The smallest absolute Gasteiger partial charge is 0.344 e. The lowest BCUT2D eigenvalue weighted by atomic mass is 10.0. The fourth-order valence-electron chi connectivity index (χ4n) is 2.29. The van der Waals surface area contributed by atoms with Crippen LogP contribution < -0.4 is 10.1 Å². The molecule has 1 amide bonds. The third kappa shape index (κ3) is 5.58. The van der Waals surface area contributed by atoms with Crippen LogP contribution in [-0.4, -0.2) is 24.6 Å². The number of rotatable bonds is 7. The van der Waals surface area contributed by atoms with Crippen LogP contribution >= 0.6 is 0 Å². The number of hydrogen-bond donors (Lipinski definition) is 1. The number of anilines is 1. The molecular formula is C20H22FNO4. The number of amides is 1. The summed E-state index contributed by atoms with van der Waals surface area (Å²) < 4.78 is 23.5. The molecule has 0 spiro atoms. The number of ether oxygens (including phenoxy) is 2. The monoisotopic (exact) mass is 359 g/mol. The van der Waals surface area contributed by atoms with E-state index in [1.165, 1.54) is 31.2 Å². The third-order valence-corrected chi connectivity index (χ3v) is 3.68. The van der Waals surface area contributed by atoms with Crippen molar-refractivity contribution in [2.24, 2.45) is 0 Å². The molecule has 26 heavy (non-hydrogen) atoms. The Kier molecular flexibility index (Phi) is 6.72. The molecular weight excluding hydrogens is 337 g/mol. The zero-order valence-corrected chi connectivity index (χ0v) is 15.0. The molecule has 2 rings (SSSR count). The lowest BCUT2D eigenvalue weighted by Crippen LogP contribution is -2.31. The van der Waals surface area contributed by atoms with E-state index >= 15 is 0 Å². The van der Waals surface area contributed by atoms with Gasteiger partial charge in [-0.2, -0.15) is 0 Å². The fourth-order valence-corrected chi connectivity index (χ4v) is 2.29. The summed E-state index contributed by atoms with van der Waals surface area (Å²) in [4.78, 5) is 24.0. The largest absolute Gasteiger partial charge is 0.482 e. The van der Waals surface area contributed by atoms with Gasteiger partial charge < -0.3 is 14.8 Å². The van der Waals surface area contributed by atoms with Gasteiger partial charge in [-0.25, -0.2) is 9.18 Å². The summed E-state index contributed by atoms with van der Waals surface area (Å²) in [7, 11) is 0. The van der Waals surface area contributed by atoms with Gasteiger partial charge in [-0.15, -0.1) is 0 Å². The van der Waals surface area contributed by atoms with Crippen molar-refractivity contribution in [3.05, 3.63) is 59.9 Å². The zero-order valence-electron chi connectivity index (χ0n) is 15.0. The second kappa shape index (κ2) is 8.99. The second-order valence-corrected chi connectivity index (χ2v) is 6.11. The summed E-state index contributed by atoms with van der Waals surface area (Å²) in [5.74, 6) is -0.690. The Morgan fingerprint density at radius 1 is 1.04 bits per heavy atom. The number of halogens is 1. The van der Waals surface area contributed by atoms with E-state index in [4.69, 9.17) is 9.47 Å². The average Bonchev–Trinajstić information content (AvgIpc) is 2.62. The summed E-state index contributed by atoms with van der Waals surface area (Å²) in [5.41, 5.74) is 1.41. The Hall–Kier alpha value is -2.89. The van der Waals surface area contributed by atoms with E-state index in [1.54, 1.807) is 6.07 Å². The van der Waals surface area contributed by atoms with E-state index in [-0.39, 0.29) is 12.5 Å². The molecule has 0 aliphatic heterocycles. The molecule has 0 saturated heterocycles. The lowest BCUT2D eigenvalue weighted by Gasteiger charge is -2.16. The molecule has 0 aromatic heterocycles. The first-order chi connectivity index (χ1) is 12.4. The molecule has 1 N–H and O–H groups in total. The minimum atomic E-state index is -1.00. The quantitative estimate of drug-likeness (QED) is 0.762. The van der Waals surface area contributed by atoms with E-state index < -0.39 is 23.8 Å². The molecule has 0 fully saturated rings. The third-order valence-electron chi connectivity index (χ3n) is 3.68. The van der Waals surface area contributed by atoms with Crippen molar-refractivity contribution >= 4 is 17.6 Å². The SMILES string of the molecule is CC(C)c1ccccc1OCC(=O)O[C@H](C)C(=O)Nc1ccc(F)cc1. The van der Waals surface area contributed by atoms with Crippen LogP contribution in [-0.2, 0) is 14.3 Å². The van der Waals surface area contributed by atoms with Gasteiger partial charge in [0.2, 0.25) is 0 Å². The fraction of sp³-hybridized carbons (Fsp3) is 0.300. The molecule has 6 heteroatoms. The predicted molar refractivity (Wildman–Crippen MR) is 96.6 cm³/mol. The number of carbonyl (C=O) groups is 2. The van der Waals surface area contributed by atoms with Crippen LogP contribution in [0.15, 0.2) is 48.5 Å². The van der Waals surface area contributed by atoms with Gasteiger partial charge in [0.15, 0.2) is 12.7 Å². The molecule has 0 radical (unpaired) electrons. The molecule has 1 atom stereocenters. The van der Waals surface area contributed by atoms with Gasteiger partial charge in [-0.05, 0) is 48.7 Å². The first-order valence-corrected chi connectivity index (χ1v) is 8.34. The Labute approximate surface area is 152 Å². The van der Waals surface area contributed by atoms with Crippen molar-refractivity contribution in [2.45, 2.75) is 32.8 Å². The van der Waals surface area contributed by atoms with Crippen LogP contribution in [0.25, 0.3) is 0 Å². The van der Waals surface area contributed by atoms with E-state index in [1.807, 2.05) is 32.0 Å². The highest BCUT2D eigenvalue weighted by molar-refractivity contribution is 5.95. The van der Waals surface area contributed by atoms with Crippen LogP contribution in [0.5, 0.6) is 5.75 Å². The molecule has 0 bridgehead atoms. The van der Waals surface area contributed by atoms with E-state index in [0.29, 0.717) is 11.4 Å². The molecule has 0 heterocycles. The highest BCUT2D eigenvalue weighted by Gasteiger charge is 2.19. The van der Waals surface area contributed by atoms with Crippen LogP contribution in [0.2, 0.25) is 0 Å². The van der Waals surface area contributed by atoms with Gasteiger partial charge in [0.25, 0.3) is 5.91 Å². The van der Waals surface area contributed by atoms with Gasteiger partial charge in [0.1, 0.15) is 11.6 Å². The maximum absolute atomic E-state index is 12.9. The van der Waals surface area contributed by atoms with Crippen LogP contribution in [0.1, 0.15) is 32.3 Å². The highest BCUT2D eigenvalue weighted by atomic mass is 19.1. The number of para-hydroxylation sites is 1. The van der Waals surface area contributed by atoms with Gasteiger partial charge in [-0.3, -0.25) is 4.79 Å². The van der Waals surface area contributed by atoms with Crippen LogP contribution in [0.4, 0.5) is 10.1 Å². The first-order valence-electron chi connectivity index (χ1n) is 8.34. The Morgan fingerprint density at radius 3 is 2.35 bits per heavy atom. The maximum Gasteiger partial charge on any atom is 0.344 e. The zero-order chi connectivity index (χ0) is 19.1. The molecule has 2 aromatic carbocycles. The number of benzene rings is 2. The molecule has 0 aliphatic carbocycles. The Balaban J connectivity index is 1.85. The van der Waals surface area contributed by atoms with Crippen LogP contribution in [0.3, 0.4) is 0 Å². The number of hydrogen-bond acceptors (Lipinski definition) is 4. The summed E-state index contributed by atoms with van der Waals surface area (Å²) in [6.07, 6.45) is -1.00. The van der Waals surface area contributed by atoms with Crippen molar-refractivity contribution in [3.63, 3.8) is 0 Å². The van der Waals surface area contributed by atoms with Crippen molar-refractivity contribution in [3.8, 4) is 5.75 Å². The molecule has 5 nitrogen and oxygen atoms in total. The number of nitrogens with one attached hydrogen (secondary N) is 1. The Bertz CT molecular complexity index is 759. The highest BCUT2D eigenvalue weighted by Crippen LogP contribution is 2.25. The predicted octanol–water partition coefficient (Wildman–Crippen LogP) is 3.90. The standard InChI is InChI=1S/C20H22FNO4/c1-13(2)17-6-4-5-7-18(17)25-12-19(23)26-14(3)20(24)22-16-10-8-15(21)9-11-16/h4-11,13-14H,12H2,1-3H3,(H,22,24)/t14-/m1/s1. The van der Waals surface area contributed by atoms with Gasteiger partial charge in [-0.1, -0.05) is 32.0 Å². The van der Waals surface area contributed by atoms with Crippen molar-refractivity contribution in [1.29, 1.82) is 0 Å². The summed E-state index contributed by atoms with van der Waals surface area (Å²) in [5, 5.41) is 2.55. The van der Waals surface area contributed by atoms with Crippen molar-refractivity contribution in [1.82, 2.24) is 0 Å². The minimum Gasteiger partial charge on any atom is -0.482 e. The van der Waals surface area contributed by atoms with Crippen LogP contribution in [0, 0.1) is 5.82 Å². The minimum absolute atomic E-state index is 0.252. The molecule has 0 unspecified atom stereocenters. The number of carbonyl (C=O) groups excluding carboxylic acids is 2. The molecule has 0 aliphatic rings. The molecule has 138 valence electrons.